The first-order chi connectivity index (χ1) is 13.5. The number of nitrogens with zero attached hydrogens (tertiary/aromatic N) is 3. The van der Waals surface area contributed by atoms with Gasteiger partial charge in [0.05, 0.1) is 16.3 Å². The van der Waals surface area contributed by atoms with Crippen molar-refractivity contribution >= 4 is 33.8 Å². The Kier molecular flexibility index (Phi) is 6.30. The highest BCUT2D eigenvalue weighted by Crippen LogP contribution is 2.30. The zero-order valence-corrected chi connectivity index (χ0v) is 16.4. The van der Waals surface area contributed by atoms with Crippen LogP contribution in [0.3, 0.4) is 0 Å². The fraction of sp³-hybridized carbons (Fsp3) is 0.300. The number of anilines is 1. The molecule has 1 unspecified atom stereocenters. The molecule has 7 nitrogen and oxygen atoms in total. The van der Waals surface area contributed by atoms with E-state index in [0.717, 1.165) is 12.0 Å². The number of nitro groups is 1. The Morgan fingerprint density at radius 3 is 2.61 bits per heavy atom. The van der Waals surface area contributed by atoms with E-state index in [4.69, 9.17) is 0 Å². The molecule has 0 fully saturated rings. The number of hydrogen-bond donors (Lipinski definition) is 0. The van der Waals surface area contributed by atoms with E-state index in [-0.39, 0.29) is 24.7 Å². The number of nitro benzene ring substituents is 1. The quantitative estimate of drug-likeness (QED) is 0.528. The van der Waals surface area contributed by atoms with Crippen LogP contribution < -0.4 is 4.90 Å². The highest BCUT2D eigenvalue weighted by Gasteiger charge is 2.27. The second-order valence-corrected chi connectivity index (χ2v) is 8.08. The molecule has 1 amide bonds. The average Bonchev–Trinajstić information content (AvgIpc) is 2.83. The van der Waals surface area contributed by atoms with Crippen LogP contribution in [-0.2, 0) is 15.6 Å². The summed E-state index contributed by atoms with van der Waals surface area (Å²) >= 11 is 0. The zero-order valence-electron chi connectivity index (χ0n) is 15.5. The Morgan fingerprint density at radius 2 is 1.93 bits per heavy atom. The smallest absolute Gasteiger partial charge is 0.270 e. The molecule has 0 saturated heterocycles. The number of benzene rings is 2. The molecule has 8 heteroatoms. The van der Waals surface area contributed by atoms with Crippen molar-refractivity contribution < 1.29 is 13.9 Å². The lowest BCUT2D eigenvalue weighted by Gasteiger charge is -2.23. The standard InChI is InChI=1S/C20H21N3O4S/c1-2-11-28(27)12-10-22-18-9-8-16(23(25)26)13-17(18)20(21-14-19(22)24)15-6-4-3-5-7-15/h3-9,13H,2,10-12,14H2,1H3. The van der Waals surface area contributed by atoms with E-state index in [1.165, 1.54) is 12.1 Å². The predicted molar refractivity (Wildman–Crippen MR) is 111 cm³/mol. The normalized spacial score (nSPS) is 14.8. The molecule has 2 aromatic carbocycles. The number of amides is 1. The summed E-state index contributed by atoms with van der Waals surface area (Å²) < 4.78 is 12.1. The van der Waals surface area contributed by atoms with Crippen LogP contribution in [0, 0.1) is 10.1 Å². The van der Waals surface area contributed by atoms with Crippen molar-refractivity contribution in [1.82, 2.24) is 0 Å². The van der Waals surface area contributed by atoms with Crippen LogP contribution in [0.4, 0.5) is 11.4 Å². The third-order valence-corrected chi connectivity index (χ3v) is 5.93. The number of carbonyl (C=O) groups excluding carboxylic acids is 1. The van der Waals surface area contributed by atoms with Gasteiger partial charge in [0.15, 0.2) is 0 Å². The van der Waals surface area contributed by atoms with Gasteiger partial charge in [-0.05, 0) is 12.5 Å². The van der Waals surface area contributed by atoms with Crippen LogP contribution in [0.15, 0.2) is 53.5 Å². The molecule has 0 aromatic heterocycles. The first-order valence-electron chi connectivity index (χ1n) is 9.05. The van der Waals surface area contributed by atoms with Gasteiger partial charge in [0.25, 0.3) is 5.69 Å². The lowest BCUT2D eigenvalue weighted by Crippen LogP contribution is -2.36. The Morgan fingerprint density at radius 1 is 1.18 bits per heavy atom. The van der Waals surface area contributed by atoms with Gasteiger partial charge in [-0.2, -0.15) is 0 Å². The number of hydrogen-bond acceptors (Lipinski definition) is 5. The van der Waals surface area contributed by atoms with Crippen molar-refractivity contribution in [1.29, 1.82) is 0 Å². The van der Waals surface area contributed by atoms with Crippen molar-refractivity contribution in [2.45, 2.75) is 13.3 Å². The topological polar surface area (TPSA) is 92.9 Å². The lowest BCUT2D eigenvalue weighted by atomic mass is 9.99. The van der Waals surface area contributed by atoms with E-state index in [0.29, 0.717) is 28.5 Å². The minimum Gasteiger partial charge on any atom is -0.309 e. The van der Waals surface area contributed by atoms with Crippen molar-refractivity contribution in [2.24, 2.45) is 4.99 Å². The molecule has 0 N–H and O–H groups in total. The number of aliphatic imine (C=N–C) groups is 1. The summed E-state index contributed by atoms with van der Waals surface area (Å²) in [4.78, 5) is 29.6. The average molecular weight is 399 g/mol. The van der Waals surface area contributed by atoms with Crippen molar-refractivity contribution in [2.75, 3.05) is 29.5 Å². The van der Waals surface area contributed by atoms with E-state index >= 15 is 0 Å². The maximum absolute atomic E-state index is 12.7. The molecule has 0 spiro atoms. The van der Waals surface area contributed by atoms with Gasteiger partial charge >= 0.3 is 0 Å². The molecule has 1 heterocycles. The SMILES string of the molecule is CCCS(=O)CCN1C(=O)CN=C(c2ccccc2)c2cc([N+](=O)[O-])ccc21. The van der Waals surface area contributed by atoms with E-state index in [1.807, 2.05) is 37.3 Å². The van der Waals surface area contributed by atoms with Crippen LogP contribution in [0.5, 0.6) is 0 Å². The molecule has 1 aliphatic rings. The lowest BCUT2D eigenvalue weighted by molar-refractivity contribution is -0.384. The molecule has 0 saturated carbocycles. The Labute approximate surface area is 165 Å². The molecule has 146 valence electrons. The van der Waals surface area contributed by atoms with E-state index in [2.05, 4.69) is 4.99 Å². The summed E-state index contributed by atoms with van der Waals surface area (Å²) in [6.45, 7) is 2.18. The molecular formula is C20H21N3O4S. The summed E-state index contributed by atoms with van der Waals surface area (Å²) in [7, 11) is -1.02. The molecule has 0 aliphatic carbocycles. The third kappa shape index (κ3) is 4.33. The summed E-state index contributed by atoms with van der Waals surface area (Å²) in [5.74, 6) is 0.729. The summed E-state index contributed by atoms with van der Waals surface area (Å²) in [5, 5.41) is 11.3. The van der Waals surface area contributed by atoms with Gasteiger partial charge in [-0.25, -0.2) is 0 Å². The summed E-state index contributed by atoms with van der Waals surface area (Å²) in [6, 6.07) is 13.7. The molecule has 1 aliphatic heterocycles. The first-order valence-corrected chi connectivity index (χ1v) is 10.5. The zero-order chi connectivity index (χ0) is 20.1. The second kappa shape index (κ2) is 8.88. The van der Waals surface area contributed by atoms with Gasteiger partial charge in [0, 0.05) is 52.1 Å². The maximum Gasteiger partial charge on any atom is 0.270 e. The van der Waals surface area contributed by atoms with Gasteiger partial charge in [0.2, 0.25) is 5.91 Å². The molecule has 0 radical (unpaired) electrons. The van der Waals surface area contributed by atoms with Gasteiger partial charge in [-0.15, -0.1) is 0 Å². The van der Waals surface area contributed by atoms with Crippen molar-refractivity contribution in [3.05, 3.63) is 69.8 Å². The van der Waals surface area contributed by atoms with Crippen LogP contribution in [0.2, 0.25) is 0 Å². The van der Waals surface area contributed by atoms with Gasteiger partial charge in [-0.1, -0.05) is 37.3 Å². The Hall–Kier alpha value is -2.87. The minimum absolute atomic E-state index is 0.0624. The van der Waals surface area contributed by atoms with E-state index < -0.39 is 15.7 Å². The first kappa shape index (κ1) is 19.9. The number of benzodiazepines with no additional fused rings is 1. The molecule has 0 bridgehead atoms. The number of rotatable bonds is 7. The largest absolute Gasteiger partial charge is 0.309 e. The summed E-state index contributed by atoms with van der Waals surface area (Å²) in [6.07, 6.45) is 0.810. The number of non-ortho nitro benzene ring substituents is 1. The van der Waals surface area contributed by atoms with Crippen molar-refractivity contribution in [3.8, 4) is 0 Å². The fourth-order valence-electron chi connectivity index (χ4n) is 3.12. The van der Waals surface area contributed by atoms with Crippen LogP contribution >= 0.6 is 0 Å². The van der Waals surface area contributed by atoms with Crippen LogP contribution in [0.25, 0.3) is 0 Å². The van der Waals surface area contributed by atoms with Gasteiger partial charge in [-0.3, -0.25) is 24.1 Å². The number of fused-ring (bicyclic) bond motifs is 1. The summed E-state index contributed by atoms with van der Waals surface area (Å²) in [5.41, 5.74) is 2.36. The van der Waals surface area contributed by atoms with E-state index in [1.54, 1.807) is 11.0 Å². The highest BCUT2D eigenvalue weighted by atomic mass is 32.2. The third-order valence-electron chi connectivity index (χ3n) is 4.43. The minimum atomic E-state index is -1.02. The molecule has 28 heavy (non-hydrogen) atoms. The molecular weight excluding hydrogens is 378 g/mol. The molecule has 2 aromatic rings. The molecule has 3 rings (SSSR count). The predicted octanol–water partition coefficient (Wildman–Crippen LogP) is 2.94. The highest BCUT2D eigenvalue weighted by molar-refractivity contribution is 7.85. The van der Waals surface area contributed by atoms with Crippen LogP contribution in [-0.4, -0.2) is 45.3 Å². The maximum atomic E-state index is 12.7. The monoisotopic (exact) mass is 399 g/mol. The Balaban J connectivity index is 2.05. The van der Waals surface area contributed by atoms with Gasteiger partial charge in [0.1, 0.15) is 6.54 Å². The van der Waals surface area contributed by atoms with Crippen molar-refractivity contribution in [3.63, 3.8) is 0 Å². The molecule has 1 atom stereocenters. The Bertz CT molecular complexity index is 944. The second-order valence-electron chi connectivity index (χ2n) is 6.38. The number of carbonyl (C=O) groups is 1. The van der Waals surface area contributed by atoms with E-state index in [9.17, 15) is 19.1 Å². The van der Waals surface area contributed by atoms with Crippen LogP contribution in [0.1, 0.15) is 24.5 Å². The fourth-order valence-corrected chi connectivity index (χ4v) is 4.17. The van der Waals surface area contributed by atoms with Gasteiger partial charge < -0.3 is 4.90 Å².